The maximum atomic E-state index is 13.0. The number of thioether (sulfide) groups is 1. The Morgan fingerprint density at radius 3 is 2.73 bits per heavy atom. The second-order valence-corrected chi connectivity index (χ2v) is 8.88. The predicted molar refractivity (Wildman–Crippen MR) is 121 cm³/mol. The topological polar surface area (TPSA) is 70.2 Å². The minimum absolute atomic E-state index is 0.187. The fourth-order valence-corrected chi connectivity index (χ4v) is 4.32. The molecule has 8 heteroatoms. The molecule has 3 aromatic rings. The van der Waals surface area contributed by atoms with Crippen LogP contribution in [0.1, 0.15) is 18.8 Å². The van der Waals surface area contributed by atoms with Gasteiger partial charge in [0.1, 0.15) is 11.5 Å². The van der Waals surface area contributed by atoms with Gasteiger partial charge in [-0.3, -0.25) is 10.1 Å². The Labute approximate surface area is 185 Å². The van der Waals surface area contributed by atoms with E-state index in [-0.39, 0.29) is 5.91 Å². The molecule has 2 aliphatic rings. The first-order valence-electron chi connectivity index (χ1n) is 9.49. The van der Waals surface area contributed by atoms with E-state index in [1.165, 1.54) is 11.8 Å². The summed E-state index contributed by atoms with van der Waals surface area (Å²) in [5.74, 6) is 1.98. The van der Waals surface area contributed by atoms with E-state index in [0.717, 1.165) is 32.1 Å². The van der Waals surface area contributed by atoms with Crippen LogP contribution in [0, 0.1) is 0 Å². The van der Waals surface area contributed by atoms with Crippen molar-refractivity contribution in [3.05, 3.63) is 81.5 Å². The van der Waals surface area contributed by atoms with Gasteiger partial charge in [0.25, 0.3) is 5.91 Å². The van der Waals surface area contributed by atoms with Crippen molar-refractivity contribution in [1.82, 2.24) is 10.3 Å². The second kappa shape index (κ2) is 7.77. The number of carbonyl (C=O) groups is 1. The highest BCUT2D eigenvalue weighted by Crippen LogP contribution is 2.34. The Morgan fingerprint density at radius 1 is 1.13 bits per heavy atom. The molecule has 5 rings (SSSR count). The molecule has 150 valence electrons. The highest BCUT2D eigenvalue weighted by Gasteiger charge is 2.35. The Morgan fingerprint density at radius 2 is 1.93 bits per heavy atom. The van der Waals surface area contributed by atoms with Crippen molar-refractivity contribution in [2.24, 2.45) is 10.1 Å². The zero-order valence-electron chi connectivity index (χ0n) is 16.0. The average molecular weight is 481 g/mol. The van der Waals surface area contributed by atoms with Gasteiger partial charge in [-0.15, -0.1) is 5.10 Å². The SMILES string of the molecule is CCSC1=NN2C(=c3ccccc3=NC2c2ccc(-c3ccc(Br)cc3)o2)C(=O)N1. The largest absolute Gasteiger partial charge is 0.457 e. The Bertz CT molecular complexity index is 1280. The van der Waals surface area contributed by atoms with E-state index in [0.29, 0.717) is 16.6 Å². The van der Waals surface area contributed by atoms with Gasteiger partial charge in [-0.25, -0.2) is 10.0 Å². The van der Waals surface area contributed by atoms with E-state index in [2.05, 4.69) is 26.3 Å². The van der Waals surface area contributed by atoms with Gasteiger partial charge < -0.3 is 4.42 Å². The van der Waals surface area contributed by atoms with E-state index in [9.17, 15) is 4.79 Å². The third-order valence-corrected chi connectivity index (χ3v) is 6.08. The summed E-state index contributed by atoms with van der Waals surface area (Å²) in [5, 5.41) is 11.3. The molecule has 1 unspecified atom stereocenters. The van der Waals surface area contributed by atoms with E-state index in [1.807, 2.05) is 67.6 Å². The van der Waals surface area contributed by atoms with Crippen LogP contribution in [0.4, 0.5) is 0 Å². The molecule has 3 heterocycles. The molecular weight excluding hydrogens is 464 g/mol. The van der Waals surface area contributed by atoms with Crippen LogP contribution in [-0.2, 0) is 4.79 Å². The number of nitrogens with one attached hydrogen (secondary N) is 1. The van der Waals surface area contributed by atoms with Crippen LogP contribution in [-0.4, -0.2) is 21.8 Å². The zero-order valence-corrected chi connectivity index (χ0v) is 18.4. The number of furan rings is 1. The van der Waals surface area contributed by atoms with Crippen LogP contribution in [0.3, 0.4) is 0 Å². The standard InChI is InChI=1S/C22H17BrN4O2S/c1-2-30-22-25-21(28)19-15-5-3-4-6-16(15)24-20(27(19)26-22)18-12-11-17(29-18)13-7-9-14(23)10-8-13/h3-12,20H,2H2,1H3,(H,25,26,28). The Balaban J connectivity index is 1.63. The number of benzene rings is 2. The Hall–Kier alpha value is -2.84. The lowest BCUT2D eigenvalue weighted by atomic mass is 10.1. The monoisotopic (exact) mass is 480 g/mol. The number of amides is 1. The number of halogens is 1. The van der Waals surface area contributed by atoms with E-state index in [4.69, 9.17) is 9.41 Å². The lowest BCUT2D eigenvalue weighted by Gasteiger charge is -2.32. The van der Waals surface area contributed by atoms with Crippen molar-refractivity contribution in [2.75, 3.05) is 5.75 Å². The van der Waals surface area contributed by atoms with E-state index in [1.54, 1.807) is 5.01 Å². The quantitative estimate of drug-likeness (QED) is 0.621. The summed E-state index contributed by atoms with van der Waals surface area (Å²) < 4.78 is 7.18. The van der Waals surface area contributed by atoms with E-state index >= 15 is 0 Å². The Kier molecular flexibility index (Phi) is 4.96. The maximum Gasteiger partial charge on any atom is 0.276 e. The molecule has 0 fully saturated rings. The molecule has 1 atom stereocenters. The van der Waals surface area contributed by atoms with Gasteiger partial charge in [-0.05, 0) is 36.1 Å². The molecule has 1 N–H and O–H groups in total. The van der Waals surface area contributed by atoms with E-state index < -0.39 is 6.17 Å². The number of hydrogen-bond donors (Lipinski definition) is 1. The summed E-state index contributed by atoms with van der Waals surface area (Å²) in [4.78, 5) is 17.8. The minimum atomic E-state index is -0.558. The van der Waals surface area contributed by atoms with Crippen LogP contribution in [0.2, 0.25) is 0 Å². The first kappa shape index (κ1) is 19.1. The van der Waals surface area contributed by atoms with Gasteiger partial charge in [-0.2, -0.15) is 0 Å². The molecule has 0 bridgehead atoms. The number of para-hydroxylation sites is 1. The summed E-state index contributed by atoms with van der Waals surface area (Å²) in [6.45, 7) is 2.02. The molecule has 1 aromatic heterocycles. The van der Waals surface area contributed by atoms with Gasteiger partial charge in [0.15, 0.2) is 10.9 Å². The van der Waals surface area contributed by atoms with Crippen LogP contribution >= 0.6 is 27.7 Å². The van der Waals surface area contributed by atoms with Crippen LogP contribution < -0.4 is 15.9 Å². The molecule has 0 aliphatic carbocycles. The smallest absolute Gasteiger partial charge is 0.276 e. The van der Waals surface area contributed by atoms with Crippen molar-refractivity contribution in [1.29, 1.82) is 0 Å². The van der Waals surface area contributed by atoms with Crippen molar-refractivity contribution in [3.63, 3.8) is 0 Å². The van der Waals surface area contributed by atoms with Gasteiger partial charge in [0.05, 0.1) is 5.36 Å². The minimum Gasteiger partial charge on any atom is -0.457 e. The molecule has 0 saturated heterocycles. The lowest BCUT2D eigenvalue weighted by Crippen LogP contribution is -2.50. The normalized spacial score (nSPS) is 17.6. The number of hydrogen-bond acceptors (Lipinski definition) is 6. The molecule has 2 aromatic carbocycles. The van der Waals surface area contributed by atoms with Gasteiger partial charge in [-0.1, -0.05) is 64.9 Å². The van der Waals surface area contributed by atoms with Crippen LogP contribution in [0.15, 0.2) is 79.6 Å². The third kappa shape index (κ3) is 3.36. The van der Waals surface area contributed by atoms with Crippen molar-refractivity contribution in [2.45, 2.75) is 13.1 Å². The average Bonchev–Trinajstić information content (AvgIpc) is 3.23. The number of rotatable bonds is 3. The van der Waals surface area contributed by atoms with Crippen molar-refractivity contribution >= 4 is 44.5 Å². The second-order valence-electron chi connectivity index (χ2n) is 6.71. The molecule has 0 saturated carbocycles. The van der Waals surface area contributed by atoms with Crippen LogP contribution in [0.25, 0.3) is 17.0 Å². The fourth-order valence-electron chi connectivity index (χ4n) is 3.48. The molecule has 0 radical (unpaired) electrons. The summed E-state index contributed by atoms with van der Waals surface area (Å²) in [7, 11) is 0. The number of fused-ring (bicyclic) bond motifs is 2. The first-order chi connectivity index (χ1) is 14.6. The molecule has 6 nitrogen and oxygen atoms in total. The highest BCUT2D eigenvalue weighted by atomic mass is 79.9. The van der Waals surface area contributed by atoms with Crippen molar-refractivity contribution < 1.29 is 9.21 Å². The number of carbonyl (C=O) groups excluding carboxylic acids is 1. The molecule has 30 heavy (non-hydrogen) atoms. The molecular formula is C22H17BrN4O2S. The number of nitrogens with zero attached hydrogens (tertiary/aromatic N) is 3. The van der Waals surface area contributed by atoms with Gasteiger partial charge in [0, 0.05) is 15.3 Å². The number of hydrazone groups is 1. The van der Waals surface area contributed by atoms with Crippen LogP contribution in [0.5, 0.6) is 0 Å². The lowest BCUT2D eigenvalue weighted by molar-refractivity contribution is -0.116. The van der Waals surface area contributed by atoms with Crippen molar-refractivity contribution in [3.8, 4) is 11.3 Å². The summed E-state index contributed by atoms with van der Waals surface area (Å²) in [6.07, 6.45) is -0.558. The maximum absolute atomic E-state index is 13.0. The highest BCUT2D eigenvalue weighted by molar-refractivity contribution is 9.10. The fraction of sp³-hybridized carbons (Fsp3) is 0.136. The summed E-state index contributed by atoms with van der Waals surface area (Å²) >= 11 is 4.93. The molecule has 0 spiro atoms. The molecule has 1 amide bonds. The van der Waals surface area contributed by atoms with Gasteiger partial charge >= 0.3 is 0 Å². The summed E-state index contributed by atoms with van der Waals surface area (Å²) in [5.41, 5.74) is 1.44. The first-order valence-corrected chi connectivity index (χ1v) is 11.3. The zero-order chi connectivity index (χ0) is 20.7. The summed E-state index contributed by atoms with van der Waals surface area (Å²) in [6, 6.07) is 19.3. The van der Waals surface area contributed by atoms with Gasteiger partial charge in [0.2, 0.25) is 6.17 Å². The third-order valence-electron chi connectivity index (χ3n) is 4.81. The predicted octanol–water partition coefficient (Wildman–Crippen LogP) is 3.61. The molecule has 2 aliphatic heterocycles. The number of amidine groups is 1.